The summed E-state index contributed by atoms with van der Waals surface area (Å²) < 4.78 is 0. The van der Waals surface area contributed by atoms with Gasteiger partial charge in [-0.25, -0.2) is 0 Å². The van der Waals surface area contributed by atoms with Crippen molar-refractivity contribution in [1.29, 1.82) is 0 Å². The Morgan fingerprint density at radius 3 is 2.43 bits per heavy atom. The van der Waals surface area contributed by atoms with Crippen LogP contribution in [0.1, 0.15) is 43.7 Å². The SMILES string of the molecule is Cc1ccc(CNCCC(C)(N)CCCCB(O)O)cc1. The van der Waals surface area contributed by atoms with Crippen LogP contribution in [-0.4, -0.2) is 29.3 Å². The molecule has 0 amide bonds. The highest BCUT2D eigenvalue weighted by molar-refractivity contribution is 6.40. The molecule has 0 bridgehead atoms. The molecule has 0 fully saturated rings. The van der Waals surface area contributed by atoms with Crippen LogP contribution in [0.3, 0.4) is 0 Å². The lowest BCUT2D eigenvalue weighted by Crippen LogP contribution is -2.39. The molecule has 0 aromatic heterocycles. The number of nitrogens with two attached hydrogens (primary N) is 1. The summed E-state index contributed by atoms with van der Waals surface area (Å²) in [6.07, 6.45) is 4.00. The Balaban J connectivity index is 2.13. The van der Waals surface area contributed by atoms with Crippen molar-refractivity contribution in [3.8, 4) is 0 Å². The summed E-state index contributed by atoms with van der Waals surface area (Å²) in [6, 6.07) is 8.54. The van der Waals surface area contributed by atoms with E-state index in [0.29, 0.717) is 6.32 Å². The van der Waals surface area contributed by atoms with Crippen molar-refractivity contribution < 1.29 is 10.0 Å². The van der Waals surface area contributed by atoms with E-state index in [-0.39, 0.29) is 5.54 Å². The van der Waals surface area contributed by atoms with Crippen LogP contribution in [0.2, 0.25) is 6.32 Å². The number of aryl methyl sites for hydroxylation is 1. The van der Waals surface area contributed by atoms with Crippen LogP contribution >= 0.6 is 0 Å². The molecule has 5 heteroatoms. The van der Waals surface area contributed by atoms with E-state index in [1.807, 2.05) is 0 Å². The molecule has 0 aliphatic heterocycles. The second-order valence-corrected chi connectivity index (χ2v) is 6.29. The lowest BCUT2D eigenvalue weighted by molar-refractivity contribution is 0.369. The van der Waals surface area contributed by atoms with Gasteiger partial charge in [0.2, 0.25) is 0 Å². The zero-order valence-corrected chi connectivity index (χ0v) is 13.3. The van der Waals surface area contributed by atoms with Crippen LogP contribution < -0.4 is 11.1 Å². The highest BCUT2D eigenvalue weighted by Crippen LogP contribution is 2.15. The van der Waals surface area contributed by atoms with Gasteiger partial charge in [-0.2, -0.15) is 0 Å². The maximum absolute atomic E-state index is 8.79. The summed E-state index contributed by atoms with van der Waals surface area (Å²) in [5.41, 5.74) is 8.64. The molecule has 1 unspecified atom stereocenters. The van der Waals surface area contributed by atoms with Crippen molar-refractivity contribution in [2.75, 3.05) is 6.54 Å². The van der Waals surface area contributed by atoms with Gasteiger partial charge in [0.05, 0.1) is 0 Å². The first-order valence-corrected chi connectivity index (χ1v) is 7.80. The van der Waals surface area contributed by atoms with E-state index in [4.69, 9.17) is 15.8 Å². The fourth-order valence-corrected chi connectivity index (χ4v) is 2.29. The van der Waals surface area contributed by atoms with Crippen molar-refractivity contribution in [3.05, 3.63) is 35.4 Å². The fraction of sp³-hybridized carbons (Fsp3) is 0.625. The van der Waals surface area contributed by atoms with Gasteiger partial charge in [-0.1, -0.05) is 42.7 Å². The summed E-state index contributed by atoms with van der Waals surface area (Å²) in [5, 5.41) is 21.0. The Hall–Kier alpha value is -0.875. The molecular formula is C16H29BN2O2. The highest BCUT2D eigenvalue weighted by Gasteiger charge is 2.17. The molecule has 0 saturated carbocycles. The summed E-state index contributed by atoms with van der Waals surface area (Å²) in [7, 11) is -1.19. The molecule has 0 heterocycles. The largest absolute Gasteiger partial charge is 0.451 e. The molecule has 21 heavy (non-hydrogen) atoms. The second kappa shape index (κ2) is 9.21. The molecule has 1 aromatic carbocycles. The second-order valence-electron chi connectivity index (χ2n) is 6.29. The van der Waals surface area contributed by atoms with E-state index in [1.165, 1.54) is 11.1 Å². The van der Waals surface area contributed by atoms with Crippen molar-refractivity contribution in [2.45, 2.75) is 57.9 Å². The number of nitrogens with one attached hydrogen (secondary N) is 1. The topological polar surface area (TPSA) is 78.5 Å². The molecule has 0 spiro atoms. The Labute approximate surface area is 128 Å². The summed E-state index contributed by atoms with van der Waals surface area (Å²) >= 11 is 0. The Morgan fingerprint density at radius 1 is 1.14 bits per heavy atom. The first-order valence-electron chi connectivity index (χ1n) is 7.80. The zero-order valence-electron chi connectivity index (χ0n) is 13.3. The van der Waals surface area contributed by atoms with Gasteiger partial charge in [0.1, 0.15) is 0 Å². The van der Waals surface area contributed by atoms with E-state index in [0.717, 1.165) is 38.8 Å². The summed E-state index contributed by atoms with van der Waals surface area (Å²) in [5.74, 6) is 0. The van der Waals surface area contributed by atoms with E-state index < -0.39 is 7.12 Å². The normalized spacial score (nSPS) is 14.0. The maximum Gasteiger partial charge on any atom is 0.451 e. The van der Waals surface area contributed by atoms with Gasteiger partial charge in [-0.3, -0.25) is 0 Å². The minimum Gasteiger partial charge on any atom is -0.427 e. The van der Waals surface area contributed by atoms with Crippen LogP contribution in [0.25, 0.3) is 0 Å². The van der Waals surface area contributed by atoms with E-state index >= 15 is 0 Å². The lowest BCUT2D eigenvalue weighted by atomic mass is 9.82. The molecule has 4 nitrogen and oxygen atoms in total. The summed E-state index contributed by atoms with van der Waals surface area (Å²) in [4.78, 5) is 0. The third-order valence-corrected chi connectivity index (χ3v) is 3.78. The molecule has 1 atom stereocenters. The average Bonchev–Trinajstić information content (AvgIpc) is 2.42. The molecule has 0 saturated heterocycles. The molecule has 0 radical (unpaired) electrons. The van der Waals surface area contributed by atoms with Crippen LogP contribution in [-0.2, 0) is 6.54 Å². The molecular weight excluding hydrogens is 263 g/mol. The lowest BCUT2D eigenvalue weighted by Gasteiger charge is -2.25. The quantitative estimate of drug-likeness (QED) is 0.392. The Kier molecular flexibility index (Phi) is 7.97. The van der Waals surface area contributed by atoms with Crippen LogP contribution in [0, 0.1) is 6.92 Å². The predicted molar refractivity (Wildman–Crippen MR) is 88.9 cm³/mol. The third kappa shape index (κ3) is 8.88. The number of hydrogen-bond donors (Lipinski definition) is 4. The first-order chi connectivity index (χ1) is 9.89. The highest BCUT2D eigenvalue weighted by atomic mass is 16.4. The number of benzene rings is 1. The van der Waals surface area contributed by atoms with E-state index in [9.17, 15) is 0 Å². The van der Waals surface area contributed by atoms with Gasteiger partial charge in [-0.15, -0.1) is 0 Å². The van der Waals surface area contributed by atoms with Gasteiger partial charge in [0, 0.05) is 12.1 Å². The first kappa shape index (κ1) is 18.2. The number of unbranched alkanes of at least 4 members (excludes halogenated alkanes) is 1. The van der Waals surface area contributed by atoms with E-state index in [2.05, 4.69) is 43.4 Å². The van der Waals surface area contributed by atoms with Crippen LogP contribution in [0.15, 0.2) is 24.3 Å². The fourth-order valence-electron chi connectivity index (χ4n) is 2.29. The molecule has 1 aromatic rings. The maximum atomic E-state index is 8.79. The minimum absolute atomic E-state index is 0.194. The predicted octanol–water partition coefficient (Wildman–Crippen LogP) is 1.84. The van der Waals surface area contributed by atoms with E-state index in [1.54, 1.807) is 0 Å². The van der Waals surface area contributed by atoms with Crippen molar-refractivity contribution >= 4 is 7.12 Å². The van der Waals surface area contributed by atoms with Crippen LogP contribution in [0.5, 0.6) is 0 Å². The van der Waals surface area contributed by atoms with Gasteiger partial charge in [0.15, 0.2) is 0 Å². The summed E-state index contributed by atoms with van der Waals surface area (Å²) in [6.45, 7) is 5.92. The smallest absolute Gasteiger partial charge is 0.427 e. The monoisotopic (exact) mass is 292 g/mol. The average molecular weight is 292 g/mol. The number of hydrogen-bond acceptors (Lipinski definition) is 4. The standard InChI is InChI=1S/C16H29BN2O2/c1-14-5-7-15(8-6-14)13-19-12-10-16(2,18)9-3-4-11-17(20)21/h5-8,19-21H,3-4,9-13,18H2,1-2H3. The zero-order chi connectivity index (χ0) is 15.7. The third-order valence-electron chi connectivity index (χ3n) is 3.78. The van der Waals surface area contributed by atoms with Gasteiger partial charge >= 0.3 is 7.12 Å². The Morgan fingerprint density at radius 2 is 1.81 bits per heavy atom. The van der Waals surface area contributed by atoms with Crippen LogP contribution in [0.4, 0.5) is 0 Å². The van der Waals surface area contributed by atoms with Crippen molar-refractivity contribution in [3.63, 3.8) is 0 Å². The van der Waals surface area contributed by atoms with Gasteiger partial charge < -0.3 is 21.1 Å². The Bertz CT molecular complexity index is 394. The molecule has 5 N–H and O–H groups in total. The van der Waals surface area contributed by atoms with Crippen molar-refractivity contribution in [2.24, 2.45) is 5.73 Å². The van der Waals surface area contributed by atoms with Gasteiger partial charge in [0.25, 0.3) is 0 Å². The number of rotatable bonds is 10. The van der Waals surface area contributed by atoms with Crippen molar-refractivity contribution in [1.82, 2.24) is 5.32 Å². The molecule has 118 valence electrons. The molecule has 0 aliphatic rings. The molecule has 1 rings (SSSR count). The minimum atomic E-state index is -1.19. The molecule has 0 aliphatic carbocycles. The van der Waals surface area contributed by atoms with Gasteiger partial charge in [-0.05, 0) is 45.1 Å².